The summed E-state index contributed by atoms with van der Waals surface area (Å²) in [4.78, 5) is 3.58. The molecule has 0 N–H and O–H groups in total. The molecule has 0 bridgehead atoms. The largest absolute Gasteiger partial charge is 0.270 e. The maximum Gasteiger partial charge on any atom is 0.270 e. The highest BCUT2D eigenvalue weighted by Gasteiger charge is 1.96. The topological polar surface area (TPSA) is 36.7 Å². The van der Waals surface area contributed by atoms with Gasteiger partial charge in [-0.25, -0.2) is 4.98 Å². The Morgan fingerprint density at radius 2 is 2.06 bits per heavy atom. The van der Waals surface area contributed by atoms with E-state index in [9.17, 15) is 4.39 Å². The van der Waals surface area contributed by atoms with Crippen LogP contribution in [0.5, 0.6) is 0 Å². The van der Waals surface area contributed by atoms with Crippen LogP contribution in [0, 0.1) is 28.4 Å². The Morgan fingerprint density at radius 1 is 1.25 bits per heavy atom. The minimum absolute atomic E-state index is 0.407. The summed E-state index contributed by atoms with van der Waals surface area (Å²) >= 11 is 0.915. The Morgan fingerprint density at radius 3 is 2.75 bits per heavy atom. The van der Waals surface area contributed by atoms with E-state index in [-0.39, 0.29) is 0 Å². The minimum Gasteiger partial charge on any atom is -0.201 e. The summed E-state index contributed by atoms with van der Waals surface area (Å²) in [6.07, 6.45) is 0. The highest BCUT2D eigenvalue weighted by Crippen LogP contribution is 2.07. The predicted molar refractivity (Wildman–Crippen MR) is 59.2 cm³/mol. The third-order valence-corrected chi connectivity index (χ3v) is 2.43. The minimum atomic E-state index is -0.491. The molecule has 1 heterocycles. The highest BCUT2D eigenvalue weighted by molar-refractivity contribution is 7.08. The van der Waals surface area contributed by atoms with E-state index in [1.54, 1.807) is 29.6 Å². The van der Waals surface area contributed by atoms with Crippen molar-refractivity contribution in [3.05, 3.63) is 51.7 Å². The summed E-state index contributed by atoms with van der Waals surface area (Å²) in [6.45, 7) is 0. The van der Waals surface area contributed by atoms with Gasteiger partial charge in [-0.3, -0.25) is 0 Å². The normalized spacial score (nSPS) is 9.00. The van der Waals surface area contributed by atoms with Crippen molar-refractivity contribution in [3.63, 3.8) is 0 Å². The zero-order valence-corrected chi connectivity index (χ0v) is 8.88. The summed E-state index contributed by atoms with van der Waals surface area (Å²) in [6, 6.07) is 8.95. The van der Waals surface area contributed by atoms with Crippen LogP contribution in [-0.4, -0.2) is 4.98 Å². The van der Waals surface area contributed by atoms with Crippen molar-refractivity contribution < 1.29 is 4.39 Å². The molecular weight excluding hydrogens is 222 g/mol. The van der Waals surface area contributed by atoms with Crippen molar-refractivity contribution in [3.8, 4) is 17.9 Å². The Labute approximate surface area is 96.0 Å². The molecule has 4 heteroatoms. The van der Waals surface area contributed by atoms with Gasteiger partial charge in [0.1, 0.15) is 5.69 Å². The maximum absolute atomic E-state index is 12.6. The maximum atomic E-state index is 12.6. The standard InChI is InChI=1S/C12H5FN2S/c13-12-15-11(8-16-12)5-4-9-2-1-3-10(6-9)7-14/h1-3,6,8H/i13-1. The average molecular weight is 227 g/mol. The van der Waals surface area contributed by atoms with E-state index < -0.39 is 5.26 Å². The number of nitriles is 1. The quantitative estimate of drug-likeness (QED) is 0.648. The van der Waals surface area contributed by atoms with E-state index in [4.69, 9.17) is 5.26 Å². The first-order valence-corrected chi connectivity index (χ1v) is 5.29. The molecule has 16 heavy (non-hydrogen) atoms. The van der Waals surface area contributed by atoms with Crippen LogP contribution in [0.15, 0.2) is 29.6 Å². The summed E-state index contributed by atoms with van der Waals surface area (Å²) in [5.74, 6) is 5.56. The molecule has 0 saturated carbocycles. The number of benzene rings is 1. The molecule has 2 nitrogen and oxygen atoms in total. The Kier molecular flexibility index (Phi) is 2.95. The lowest BCUT2D eigenvalue weighted by molar-refractivity contribution is 0.616. The molecule has 0 aliphatic heterocycles. The summed E-state index contributed by atoms with van der Waals surface area (Å²) in [5, 5.41) is 9.75. The van der Waals surface area contributed by atoms with Crippen LogP contribution < -0.4 is 0 Å². The first-order chi connectivity index (χ1) is 7.78. The number of hydrogen-bond acceptors (Lipinski definition) is 3. The van der Waals surface area contributed by atoms with Crippen molar-refractivity contribution in [2.45, 2.75) is 0 Å². The van der Waals surface area contributed by atoms with Crippen molar-refractivity contribution in [2.75, 3.05) is 0 Å². The second kappa shape index (κ2) is 4.57. The van der Waals surface area contributed by atoms with Crippen LogP contribution in [0.4, 0.5) is 4.39 Å². The fraction of sp³-hybridized carbons (Fsp3) is 0. The van der Waals surface area contributed by atoms with Crippen molar-refractivity contribution in [2.24, 2.45) is 0 Å². The zero-order valence-electron chi connectivity index (χ0n) is 8.07. The lowest BCUT2D eigenvalue weighted by Crippen LogP contribution is -1.79. The first kappa shape index (κ1) is 10.4. The smallest absolute Gasteiger partial charge is 0.201 e. The predicted octanol–water partition coefficient (Wildman–Crippen LogP) is 2.55. The Bertz CT molecular complexity index is 614. The molecule has 0 aliphatic carbocycles. The second-order valence-corrected chi connectivity index (χ2v) is 3.74. The number of aromatic nitrogens is 1. The van der Waals surface area contributed by atoms with Gasteiger partial charge in [-0.05, 0) is 24.1 Å². The van der Waals surface area contributed by atoms with Crippen molar-refractivity contribution in [1.29, 1.82) is 5.26 Å². The number of halogens is 1. The molecule has 0 saturated heterocycles. The van der Waals surface area contributed by atoms with Crippen LogP contribution in [0.25, 0.3) is 0 Å². The van der Waals surface area contributed by atoms with Gasteiger partial charge in [-0.2, -0.15) is 9.65 Å². The summed E-state index contributed by atoms with van der Waals surface area (Å²) in [7, 11) is 0. The third-order valence-electron chi connectivity index (χ3n) is 1.80. The first-order valence-electron chi connectivity index (χ1n) is 4.41. The van der Waals surface area contributed by atoms with Gasteiger partial charge in [-0.1, -0.05) is 23.3 Å². The fourth-order valence-corrected chi connectivity index (χ4v) is 1.58. The van der Waals surface area contributed by atoms with Crippen LogP contribution in [-0.2, 0) is 0 Å². The van der Waals surface area contributed by atoms with Crippen LogP contribution >= 0.6 is 11.3 Å². The van der Waals surface area contributed by atoms with Crippen molar-refractivity contribution in [1.82, 2.24) is 4.98 Å². The molecule has 0 aliphatic rings. The van der Waals surface area contributed by atoms with Gasteiger partial charge in [0.25, 0.3) is 5.26 Å². The van der Waals surface area contributed by atoms with E-state index in [0.29, 0.717) is 16.8 Å². The van der Waals surface area contributed by atoms with Gasteiger partial charge in [0.05, 0.1) is 11.6 Å². The monoisotopic (exact) mass is 227 g/mol. The second-order valence-electron chi connectivity index (χ2n) is 2.93. The molecule has 0 spiro atoms. The molecule has 2 aromatic rings. The lowest BCUT2D eigenvalue weighted by atomic mass is 10.1. The van der Waals surface area contributed by atoms with Gasteiger partial charge in [0.2, 0.25) is 0 Å². The Balaban J connectivity index is 2.27. The lowest BCUT2D eigenvalue weighted by Gasteiger charge is -1.89. The van der Waals surface area contributed by atoms with Crippen LogP contribution in [0.2, 0.25) is 0 Å². The van der Waals surface area contributed by atoms with E-state index >= 15 is 0 Å². The van der Waals surface area contributed by atoms with Gasteiger partial charge in [-0.15, -0.1) is 0 Å². The number of nitrogens with zero attached hydrogens (tertiary/aromatic N) is 2. The van der Waals surface area contributed by atoms with Crippen LogP contribution in [0.3, 0.4) is 0 Å². The molecule has 0 atom stereocenters. The zero-order chi connectivity index (χ0) is 11.4. The average Bonchev–Trinajstić information content (AvgIpc) is 2.73. The van der Waals surface area contributed by atoms with Gasteiger partial charge in [0.15, 0.2) is 0 Å². The number of hydrogen-bond donors (Lipinski definition) is 0. The van der Waals surface area contributed by atoms with Gasteiger partial charge >= 0.3 is 0 Å². The highest BCUT2D eigenvalue weighted by atomic mass is 32.1. The molecule has 2 rings (SSSR count). The fourth-order valence-electron chi connectivity index (χ4n) is 1.11. The Hall–Kier alpha value is -2.17. The molecular formula is C12H5FN2S. The molecule has 0 amide bonds. The van der Waals surface area contributed by atoms with E-state index in [2.05, 4.69) is 16.8 Å². The van der Waals surface area contributed by atoms with Crippen LogP contribution in [0.1, 0.15) is 16.8 Å². The molecule has 0 radical (unpaired) electrons. The molecule has 76 valence electrons. The third kappa shape index (κ3) is 2.44. The molecule has 0 unspecified atom stereocenters. The van der Waals surface area contributed by atoms with Gasteiger partial charge < -0.3 is 0 Å². The SMILES string of the molecule is N#Cc1cccc(C#Cc2csc([18F])n2)c1. The van der Waals surface area contributed by atoms with Gasteiger partial charge in [0, 0.05) is 10.9 Å². The van der Waals surface area contributed by atoms with E-state index in [0.717, 1.165) is 11.3 Å². The van der Waals surface area contributed by atoms with E-state index in [1.165, 1.54) is 0 Å². The number of thiazole rings is 1. The summed E-state index contributed by atoms with van der Waals surface area (Å²) < 4.78 is 12.6. The molecule has 1 aromatic heterocycles. The number of rotatable bonds is 0. The van der Waals surface area contributed by atoms with Crippen molar-refractivity contribution >= 4 is 11.3 Å². The summed E-state index contributed by atoms with van der Waals surface area (Å²) in [5.41, 5.74) is 1.67. The molecule has 0 fully saturated rings. The van der Waals surface area contributed by atoms with E-state index in [1.807, 2.05) is 6.07 Å². The molecule has 1 aromatic carbocycles.